The molecule has 5 rings (SSSR count). The summed E-state index contributed by atoms with van der Waals surface area (Å²) in [6.07, 6.45) is -0.0105. The van der Waals surface area contributed by atoms with Gasteiger partial charge < -0.3 is 35.7 Å². The highest BCUT2D eigenvalue weighted by atomic mass is 31.2. The summed E-state index contributed by atoms with van der Waals surface area (Å²) in [5.74, 6) is -0.165. The van der Waals surface area contributed by atoms with Gasteiger partial charge in [-0.2, -0.15) is 15.4 Å². The van der Waals surface area contributed by atoms with Gasteiger partial charge in [0.1, 0.15) is 54.6 Å². The van der Waals surface area contributed by atoms with Gasteiger partial charge >= 0.3 is 13.7 Å². The van der Waals surface area contributed by atoms with Gasteiger partial charge in [0, 0.05) is 6.04 Å². The zero-order valence-electron chi connectivity index (χ0n) is 24.1. The minimum Gasteiger partial charge on any atom is -0.464 e. The molecule has 1 unspecified atom stereocenters. The fraction of sp³-hybridized carbons (Fsp3) is 0.500. The lowest BCUT2D eigenvalue weighted by Gasteiger charge is -2.29. The third-order valence-electron chi connectivity index (χ3n) is 7.92. The molecular formula is C28H36N7O8P. The van der Waals surface area contributed by atoms with E-state index < -0.39 is 50.3 Å². The van der Waals surface area contributed by atoms with Crippen molar-refractivity contribution in [2.45, 2.75) is 68.6 Å². The molecule has 1 aliphatic heterocycles. The molecule has 44 heavy (non-hydrogen) atoms. The van der Waals surface area contributed by atoms with Crippen LogP contribution in [0.2, 0.25) is 0 Å². The number of nitriles is 1. The van der Waals surface area contributed by atoms with E-state index in [1.165, 1.54) is 29.9 Å². The normalized spacial score (nSPS) is 29.0. The number of esters is 1. The van der Waals surface area contributed by atoms with E-state index in [-0.39, 0.29) is 35.8 Å². The van der Waals surface area contributed by atoms with Crippen molar-refractivity contribution < 1.29 is 38.1 Å². The highest BCUT2D eigenvalue weighted by Crippen LogP contribution is 2.48. The summed E-state index contributed by atoms with van der Waals surface area (Å²) in [7, 11) is -4.43. The summed E-state index contributed by atoms with van der Waals surface area (Å²) in [5.41, 5.74) is 10.4. The third-order valence-corrected chi connectivity index (χ3v) is 9.54. The number of rotatable bonds is 11. The monoisotopic (exact) mass is 629 g/mol. The van der Waals surface area contributed by atoms with Gasteiger partial charge in [0.2, 0.25) is 5.60 Å². The van der Waals surface area contributed by atoms with Gasteiger partial charge in [0.25, 0.3) is 0 Å². The maximum absolute atomic E-state index is 14.0. The molecule has 2 aromatic heterocycles. The van der Waals surface area contributed by atoms with Gasteiger partial charge in [0.05, 0.1) is 12.3 Å². The number of aromatic nitrogens is 3. The molecule has 1 aromatic carbocycles. The Labute approximate surface area is 253 Å². The first-order valence-electron chi connectivity index (χ1n) is 14.3. The van der Waals surface area contributed by atoms with E-state index in [1.807, 2.05) is 6.07 Å². The maximum atomic E-state index is 14.0. The molecule has 3 heterocycles. The molecule has 1 saturated carbocycles. The Balaban J connectivity index is 1.31. The Morgan fingerprint density at radius 2 is 1.98 bits per heavy atom. The Morgan fingerprint density at radius 1 is 1.25 bits per heavy atom. The largest absolute Gasteiger partial charge is 0.464 e. The Hall–Kier alpha value is -3.61. The number of ether oxygens (including phenoxy) is 2. The number of aliphatic hydroxyl groups is 2. The Bertz CT molecular complexity index is 1540. The van der Waals surface area contributed by atoms with Gasteiger partial charge in [-0.1, -0.05) is 18.2 Å². The van der Waals surface area contributed by atoms with Gasteiger partial charge in [-0.05, 0) is 62.8 Å². The van der Waals surface area contributed by atoms with Crippen molar-refractivity contribution in [3.63, 3.8) is 0 Å². The van der Waals surface area contributed by atoms with Crippen molar-refractivity contribution in [3.8, 4) is 11.8 Å². The lowest BCUT2D eigenvalue weighted by Crippen LogP contribution is -2.46. The highest BCUT2D eigenvalue weighted by Gasteiger charge is 2.57. The van der Waals surface area contributed by atoms with Gasteiger partial charge in [-0.15, -0.1) is 0 Å². The summed E-state index contributed by atoms with van der Waals surface area (Å²) < 4.78 is 38.1. The van der Waals surface area contributed by atoms with Crippen LogP contribution in [-0.4, -0.2) is 73.9 Å². The van der Waals surface area contributed by atoms with E-state index in [1.54, 1.807) is 30.3 Å². The Morgan fingerprint density at radius 3 is 2.68 bits per heavy atom. The number of fused-ring (bicyclic) bond motifs is 1. The minimum atomic E-state index is -4.43. The zero-order valence-corrected chi connectivity index (χ0v) is 25.0. The number of aliphatic hydroxyl groups excluding tert-OH is 2. The number of nitrogen functional groups attached to an aromatic ring is 1. The molecule has 7 N–H and O–H groups in total. The number of carbonyl (C=O) groups excluding carboxylic acids is 1. The van der Waals surface area contributed by atoms with Crippen LogP contribution in [0.15, 0.2) is 48.8 Å². The molecule has 3 aromatic rings. The molecule has 1 aliphatic carbocycles. The van der Waals surface area contributed by atoms with Crippen molar-refractivity contribution in [3.05, 3.63) is 54.5 Å². The fourth-order valence-electron chi connectivity index (χ4n) is 5.34. The van der Waals surface area contributed by atoms with Crippen LogP contribution in [0.5, 0.6) is 5.75 Å². The molecule has 0 bridgehead atoms. The van der Waals surface area contributed by atoms with Crippen molar-refractivity contribution in [1.82, 2.24) is 19.7 Å². The van der Waals surface area contributed by atoms with Crippen LogP contribution in [0.4, 0.5) is 5.82 Å². The second-order valence-electron chi connectivity index (χ2n) is 11.1. The number of hydrogen-bond acceptors (Lipinski definition) is 13. The Kier molecular flexibility index (Phi) is 9.52. The third kappa shape index (κ3) is 6.72. The van der Waals surface area contributed by atoms with Gasteiger partial charge in [0.15, 0.2) is 5.82 Å². The average Bonchev–Trinajstić information content (AvgIpc) is 3.56. The van der Waals surface area contributed by atoms with E-state index in [2.05, 4.69) is 15.2 Å². The van der Waals surface area contributed by atoms with Crippen molar-refractivity contribution in [1.29, 1.82) is 5.26 Å². The average molecular weight is 630 g/mol. The molecule has 2 aliphatic rings. The molecule has 15 nitrogen and oxygen atoms in total. The van der Waals surface area contributed by atoms with Crippen LogP contribution in [0.3, 0.4) is 0 Å². The van der Waals surface area contributed by atoms with Crippen LogP contribution in [0, 0.1) is 17.2 Å². The molecule has 0 spiro atoms. The first-order valence-corrected chi connectivity index (χ1v) is 15.8. The smallest absolute Gasteiger partial charge is 0.459 e. The first kappa shape index (κ1) is 31.8. The number of nitrogens with zero attached hydrogens (tertiary/aromatic N) is 4. The molecule has 0 amide bonds. The fourth-order valence-corrected chi connectivity index (χ4v) is 6.86. The van der Waals surface area contributed by atoms with Gasteiger partial charge in [-0.3, -0.25) is 9.32 Å². The van der Waals surface area contributed by atoms with Crippen molar-refractivity contribution in [2.24, 2.45) is 11.7 Å². The number of nitrogens with one attached hydrogen (secondary N) is 1. The predicted octanol–water partition coefficient (Wildman–Crippen LogP) is 1.61. The van der Waals surface area contributed by atoms with Crippen molar-refractivity contribution >= 4 is 25.1 Å². The molecule has 16 heteroatoms. The number of para-hydroxylation sites is 1. The summed E-state index contributed by atoms with van der Waals surface area (Å²) in [5, 5.41) is 38.8. The van der Waals surface area contributed by atoms with E-state index >= 15 is 0 Å². The quantitative estimate of drug-likeness (QED) is 0.150. The van der Waals surface area contributed by atoms with Gasteiger partial charge in [-0.25, -0.2) is 14.1 Å². The van der Waals surface area contributed by atoms with Crippen LogP contribution in [0.25, 0.3) is 5.52 Å². The van der Waals surface area contributed by atoms with Crippen LogP contribution < -0.4 is 21.1 Å². The standard InChI is InChI=1S/C28H36N7O8P/c1-17(27(38)40-13-18-7-9-19(30)10-8-18)34-44(39,43-20-5-3-2-4-6-20)41-15-28(14-29)25(37)23(36)24(42-28)21-11-12-22-26(31)32-16-33-35(21)22/h2-6,11-12,16-19,23-25,36-37H,7-10,13,15,30H2,1H3,(H,34,39)(H2,31,32,33)/t17-,18?,19?,23-,24-,25-,28+,44?/m0/s1. The first-order chi connectivity index (χ1) is 21.0. The number of anilines is 1. The number of hydrogen-bond donors (Lipinski definition) is 5. The molecule has 6 atom stereocenters. The molecule has 236 valence electrons. The lowest BCUT2D eigenvalue weighted by molar-refractivity contribution is -0.147. The summed E-state index contributed by atoms with van der Waals surface area (Å²) in [4.78, 5) is 16.8. The predicted molar refractivity (Wildman–Crippen MR) is 156 cm³/mol. The SMILES string of the molecule is C[C@H](NP(=O)(OC[C@@]1(C#N)O[C@@H](c2ccc3c(N)ncnn23)[C@H](O)[C@@H]1O)Oc1ccccc1)C(=O)OCC1CCC(N)CC1. The van der Waals surface area contributed by atoms with E-state index in [0.29, 0.717) is 5.52 Å². The lowest BCUT2D eigenvalue weighted by atomic mass is 9.87. The van der Waals surface area contributed by atoms with E-state index in [0.717, 1.165) is 25.7 Å². The summed E-state index contributed by atoms with van der Waals surface area (Å²) >= 11 is 0. The maximum Gasteiger partial charge on any atom is 0.459 e. The van der Waals surface area contributed by atoms with E-state index in [4.69, 9.17) is 30.0 Å². The van der Waals surface area contributed by atoms with Crippen LogP contribution in [0.1, 0.15) is 44.4 Å². The molecule has 1 saturated heterocycles. The van der Waals surface area contributed by atoms with Crippen molar-refractivity contribution in [2.75, 3.05) is 18.9 Å². The molecular weight excluding hydrogens is 593 g/mol. The van der Waals surface area contributed by atoms with E-state index in [9.17, 15) is 24.8 Å². The highest BCUT2D eigenvalue weighted by molar-refractivity contribution is 7.52. The number of nitrogens with two attached hydrogens (primary N) is 2. The zero-order chi connectivity index (χ0) is 31.5. The summed E-state index contributed by atoms with van der Waals surface area (Å²) in [6, 6.07) is 12.1. The summed E-state index contributed by atoms with van der Waals surface area (Å²) in [6.45, 7) is 0.833. The van der Waals surface area contributed by atoms with Crippen LogP contribution in [-0.2, 0) is 23.4 Å². The van der Waals surface area contributed by atoms with Crippen LogP contribution >= 0.6 is 7.75 Å². The topological polar surface area (TPSA) is 230 Å². The number of benzene rings is 1. The second kappa shape index (κ2) is 13.2. The number of carbonyl (C=O) groups is 1. The molecule has 2 fully saturated rings. The molecule has 0 radical (unpaired) electrons. The minimum absolute atomic E-state index is 0.149. The second-order valence-corrected chi connectivity index (χ2v) is 12.8.